The molecule has 1 aliphatic heterocycles. The van der Waals surface area contributed by atoms with Crippen LogP contribution in [0.15, 0.2) is 70.8 Å². The van der Waals surface area contributed by atoms with Crippen LogP contribution in [-0.2, 0) is 20.9 Å². The molecule has 0 spiro atoms. The Labute approximate surface area is 255 Å². The van der Waals surface area contributed by atoms with Gasteiger partial charge in [-0.2, -0.15) is 0 Å². The molecule has 0 atom stereocenters. The molecule has 0 radical (unpaired) electrons. The molecule has 1 heterocycles. The molecule has 212 valence electrons. The van der Waals surface area contributed by atoms with Gasteiger partial charge in [0.1, 0.15) is 18.8 Å². The van der Waals surface area contributed by atoms with Crippen LogP contribution in [-0.4, -0.2) is 53.2 Å². The van der Waals surface area contributed by atoms with Crippen molar-refractivity contribution in [2.75, 3.05) is 25.2 Å². The molecule has 4 rings (SSSR count). The fraction of sp³-hybridized carbons (Fsp3) is 0.172. The van der Waals surface area contributed by atoms with Crippen LogP contribution in [0.3, 0.4) is 0 Å². The molecule has 1 aliphatic rings. The standard InChI is InChI=1S/C29H24BrClN2O7S/c1-3-39-24-13-19(22(30)14-25(24)40-16-17-4-6-18(7-5-17)28(36)37)12-23-27(35)33(21-10-8-20(31)9-11-21)29(41)32(23)15-26(34)38-2/h4-14H,3,15-16H2,1-2H3,(H,36,37)/b23-12-. The van der Waals surface area contributed by atoms with Gasteiger partial charge in [-0.1, -0.05) is 39.7 Å². The average Bonchev–Trinajstić information content (AvgIpc) is 3.18. The molecule has 0 unspecified atom stereocenters. The van der Waals surface area contributed by atoms with Gasteiger partial charge in [-0.25, -0.2) is 4.79 Å². The zero-order chi connectivity index (χ0) is 29.7. The number of halogens is 2. The fourth-order valence-electron chi connectivity index (χ4n) is 3.94. The third-order valence-electron chi connectivity index (χ3n) is 5.99. The number of methoxy groups -OCH3 is 1. The molecule has 0 saturated carbocycles. The smallest absolute Gasteiger partial charge is 0.335 e. The van der Waals surface area contributed by atoms with Crippen molar-refractivity contribution in [1.29, 1.82) is 0 Å². The van der Waals surface area contributed by atoms with E-state index in [1.54, 1.807) is 54.6 Å². The van der Waals surface area contributed by atoms with Gasteiger partial charge in [0.15, 0.2) is 16.6 Å². The quantitative estimate of drug-likeness (QED) is 0.161. The summed E-state index contributed by atoms with van der Waals surface area (Å²) >= 11 is 15.2. The van der Waals surface area contributed by atoms with Gasteiger partial charge in [-0.05, 0) is 84.9 Å². The van der Waals surface area contributed by atoms with Crippen molar-refractivity contribution >= 4 is 74.5 Å². The van der Waals surface area contributed by atoms with E-state index in [0.29, 0.717) is 38.9 Å². The molecule has 0 aromatic heterocycles. The lowest BCUT2D eigenvalue weighted by Crippen LogP contribution is -2.35. The normalized spacial score (nSPS) is 14.0. The molecule has 9 nitrogen and oxygen atoms in total. The number of carbonyl (C=O) groups excluding carboxylic acids is 2. The summed E-state index contributed by atoms with van der Waals surface area (Å²) in [7, 11) is 1.26. The van der Waals surface area contributed by atoms with E-state index in [1.165, 1.54) is 29.0 Å². The van der Waals surface area contributed by atoms with Crippen LogP contribution in [0.1, 0.15) is 28.4 Å². The summed E-state index contributed by atoms with van der Waals surface area (Å²) < 4.78 is 17.2. The van der Waals surface area contributed by atoms with Crippen molar-refractivity contribution in [3.8, 4) is 11.5 Å². The maximum Gasteiger partial charge on any atom is 0.335 e. The Bertz CT molecular complexity index is 1530. The van der Waals surface area contributed by atoms with Gasteiger partial charge in [-0.3, -0.25) is 14.5 Å². The first kappa shape index (κ1) is 30.0. The third kappa shape index (κ3) is 6.87. The van der Waals surface area contributed by atoms with Crippen LogP contribution < -0.4 is 14.4 Å². The Morgan fingerprint density at radius 3 is 2.32 bits per heavy atom. The number of amides is 1. The van der Waals surface area contributed by atoms with Crippen molar-refractivity contribution in [2.24, 2.45) is 0 Å². The molecular formula is C29H24BrClN2O7S. The molecule has 3 aromatic carbocycles. The monoisotopic (exact) mass is 658 g/mol. The zero-order valence-electron chi connectivity index (χ0n) is 21.9. The predicted molar refractivity (Wildman–Crippen MR) is 161 cm³/mol. The van der Waals surface area contributed by atoms with E-state index in [-0.39, 0.29) is 29.5 Å². The largest absolute Gasteiger partial charge is 0.490 e. The van der Waals surface area contributed by atoms with Gasteiger partial charge in [0.05, 0.1) is 25.0 Å². The molecule has 1 fully saturated rings. The Balaban J connectivity index is 1.68. The number of aromatic carboxylic acids is 1. The molecule has 0 bridgehead atoms. The van der Waals surface area contributed by atoms with E-state index >= 15 is 0 Å². The minimum Gasteiger partial charge on any atom is -0.490 e. The molecule has 0 aliphatic carbocycles. The summed E-state index contributed by atoms with van der Waals surface area (Å²) in [6, 6.07) is 16.4. The van der Waals surface area contributed by atoms with Crippen LogP contribution in [0, 0.1) is 0 Å². The zero-order valence-corrected chi connectivity index (χ0v) is 25.1. The minimum atomic E-state index is -1.01. The Hall–Kier alpha value is -3.93. The van der Waals surface area contributed by atoms with Gasteiger partial charge in [0, 0.05) is 9.50 Å². The number of carbonyl (C=O) groups is 3. The summed E-state index contributed by atoms with van der Waals surface area (Å²) in [4.78, 5) is 39.7. The van der Waals surface area contributed by atoms with Gasteiger partial charge in [0.25, 0.3) is 5.91 Å². The molecule has 1 amide bonds. The van der Waals surface area contributed by atoms with Crippen molar-refractivity contribution in [2.45, 2.75) is 13.5 Å². The lowest BCUT2D eigenvalue weighted by atomic mass is 10.1. The first-order valence-electron chi connectivity index (χ1n) is 12.2. The van der Waals surface area contributed by atoms with E-state index in [4.69, 9.17) is 43.1 Å². The SMILES string of the molecule is CCOc1cc(/C=C2/C(=O)N(c3ccc(Cl)cc3)C(=S)N2CC(=O)OC)c(Br)cc1OCc1ccc(C(=O)O)cc1. The van der Waals surface area contributed by atoms with Crippen LogP contribution in [0.5, 0.6) is 11.5 Å². The van der Waals surface area contributed by atoms with Gasteiger partial charge in [-0.15, -0.1) is 0 Å². The number of esters is 1. The molecule has 41 heavy (non-hydrogen) atoms. The molecule has 3 aromatic rings. The number of rotatable bonds is 10. The van der Waals surface area contributed by atoms with Crippen molar-refractivity contribution in [3.63, 3.8) is 0 Å². The maximum atomic E-state index is 13.6. The van der Waals surface area contributed by atoms with Gasteiger partial charge >= 0.3 is 11.9 Å². The van der Waals surface area contributed by atoms with E-state index in [0.717, 1.165) is 5.56 Å². The summed E-state index contributed by atoms with van der Waals surface area (Å²) in [5.74, 6) is -1.15. The highest BCUT2D eigenvalue weighted by molar-refractivity contribution is 9.10. The first-order chi connectivity index (χ1) is 19.6. The Kier molecular flexibility index (Phi) is 9.64. The van der Waals surface area contributed by atoms with Gasteiger partial charge in [0.2, 0.25) is 0 Å². The second-order valence-electron chi connectivity index (χ2n) is 8.64. The number of carboxylic acid groups (broad SMARTS) is 1. The van der Waals surface area contributed by atoms with Crippen molar-refractivity contribution in [3.05, 3.63) is 92.5 Å². The highest BCUT2D eigenvalue weighted by Gasteiger charge is 2.40. The van der Waals surface area contributed by atoms with Crippen LogP contribution in [0.2, 0.25) is 5.02 Å². The van der Waals surface area contributed by atoms with E-state index < -0.39 is 17.8 Å². The number of carboxylic acids is 1. The van der Waals surface area contributed by atoms with Crippen LogP contribution in [0.4, 0.5) is 5.69 Å². The number of thiocarbonyl (C=S) groups is 1. The first-order valence-corrected chi connectivity index (χ1v) is 13.8. The van der Waals surface area contributed by atoms with Crippen molar-refractivity contribution in [1.82, 2.24) is 4.90 Å². The summed E-state index contributed by atoms with van der Waals surface area (Å²) in [6.07, 6.45) is 1.61. The molecular weight excluding hydrogens is 636 g/mol. The Morgan fingerprint density at radius 2 is 1.71 bits per heavy atom. The number of ether oxygens (including phenoxy) is 3. The fourth-order valence-corrected chi connectivity index (χ4v) is 4.85. The summed E-state index contributed by atoms with van der Waals surface area (Å²) in [6.45, 7) is 2.08. The highest BCUT2D eigenvalue weighted by atomic mass is 79.9. The topological polar surface area (TPSA) is 106 Å². The van der Waals surface area contributed by atoms with Crippen molar-refractivity contribution < 1.29 is 33.7 Å². The molecule has 1 N–H and O–H groups in total. The highest BCUT2D eigenvalue weighted by Crippen LogP contribution is 2.37. The molecule has 12 heteroatoms. The number of hydrogen-bond acceptors (Lipinski definition) is 7. The second kappa shape index (κ2) is 13.2. The molecule has 1 saturated heterocycles. The lowest BCUT2D eigenvalue weighted by Gasteiger charge is -2.19. The van der Waals surface area contributed by atoms with Crippen LogP contribution >= 0.6 is 39.7 Å². The minimum absolute atomic E-state index is 0.115. The maximum absolute atomic E-state index is 13.6. The number of benzene rings is 3. The number of nitrogens with zero attached hydrogens (tertiary/aromatic N) is 2. The van der Waals surface area contributed by atoms with Crippen LogP contribution in [0.25, 0.3) is 6.08 Å². The summed E-state index contributed by atoms with van der Waals surface area (Å²) in [5, 5.41) is 9.72. The summed E-state index contributed by atoms with van der Waals surface area (Å²) in [5.41, 5.74) is 2.18. The second-order valence-corrected chi connectivity index (χ2v) is 10.3. The van der Waals surface area contributed by atoms with Gasteiger partial charge < -0.3 is 24.2 Å². The Morgan fingerprint density at radius 1 is 1.05 bits per heavy atom. The van der Waals surface area contributed by atoms with E-state index in [2.05, 4.69) is 15.9 Å². The number of hydrogen-bond donors (Lipinski definition) is 1. The predicted octanol–water partition coefficient (Wildman–Crippen LogP) is 5.93. The number of anilines is 1. The lowest BCUT2D eigenvalue weighted by molar-refractivity contribution is -0.140. The van der Waals surface area contributed by atoms with E-state index in [1.807, 2.05) is 6.92 Å². The average molecular weight is 660 g/mol. The third-order valence-corrected chi connectivity index (χ3v) is 7.33. The van der Waals surface area contributed by atoms with E-state index in [9.17, 15) is 14.4 Å².